The molecule has 6 heteroatoms. The maximum atomic E-state index is 12.6. The number of hydrogen-bond acceptors (Lipinski definition) is 4. The molecule has 1 atom stereocenters. The van der Waals surface area contributed by atoms with Crippen molar-refractivity contribution in [1.29, 1.82) is 0 Å². The Kier molecular flexibility index (Phi) is 5.48. The Labute approximate surface area is 141 Å². The molecule has 1 amide bonds. The fourth-order valence-electron chi connectivity index (χ4n) is 2.77. The van der Waals surface area contributed by atoms with Gasteiger partial charge in [0.2, 0.25) is 0 Å². The van der Waals surface area contributed by atoms with Gasteiger partial charge in [0.15, 0.2) is 5.69 Å². The molecule has 1 aromatic heterocycles. The second kappa shape index (κ2) is 7.97. The van der Waals surface area contributed by atoms with Gasteiger partial charge < -0.3 is 14.4 Å². The van der Waals surface area contributed by atoms with Crippen LogP contribution in [0.4, 0.5) is 0 Å². The highest BCUT2D eigenvalue weighted by Gasteiger charge is 2.23. The molecule has 2 heterocycles. The van der Waals surface area contributed by atoms with Crippen molar-refractivity contribution in [1.82, 2.24) is 15.1 Å². The van der Waals surface area contributed by atoms with E-state index in [-0.39, 0.29) is 12.0 Å². The van der Waals surface area contributed by atoms with E-state index in [1.807, 2.05) is 37.3 Å². The molecule has 0 saturated carbocycles. The number of likely N-dealkylation sites (N-methyl/N-ethyl adjacent to an activating group) is 1. The number of nitrogens with one attached hydrogen (secondary N) is 1. The van der Waals surface area contributed by atoms with Gasteiger partial charge in [-0.2, -0.15) is 5.10 Å². The van der Waals surface area contributed by atoms with Crippen molar-refractivity contribution in [3.05, 3.63) is 47.8 Å². The predicted molar refractivity (Wildman–Crippen MR) is 89.9 cm³/mol. The molecule has 0 bridgehead atoms. The van der Waals surface area contributed by atoms with Crippen LogP contribution in [0.5, 0.6) is 5.75 Å². The van der Waals surface area contributed by atoms with E-state index in [9.17, 15) is 4.79 Å². The second-order valence-electron chi connectivity index (χ2n) is 5.86. The Morgan fingerprint density at radius 3 is 2.96 bits per heavy atom. The van der Waals surface area contributed by atoms with Gasteiger partial charge in [-0.1, -0.05) is 18.2 Å². The SMILES string of the molecule is CCN(CC1CCCO1)C(=O)c1cc(COc2ccccc2)[nH]n1. The summed E-state index contributed by atoms with van der Waals surface area (Å²) in [6.45, 7) is 4.38. The van der Waals surface area contributed by atoms with Crippen LogP contribution >= 0.6 is 0 Å². The zero-order valence-corrected chi connectivity index (χ0v) is 13.9. The molecule has 1 fully saturated rings. The third kappa shape index (κ3) is 4.14. The Bertz CT molecular complexity index is 651. The lowest BCUT2D eigenvalue weighted by atomic mass is 10.2. The first-order valence-corrected chi connectivity index (χ1v) is 8.39. The van der Waals surface area contributed by atoms with E-state index in [0.717, 1.165) is 30.9 Å². The zero-order valence-electron chi connectivity index (χ0n) is 13.9. The van der Waals surface area contributed by atoms with Crippen LogP contribution in [0.3, 0.4) is 0 Å². The number of hydrogen-bond donors (Lipinski definition) is 1. The maximum Gasteiger partial charge on any atom is 0.274 e. The summed E-state index contributed by atoms with van der Waals surface area (Å²) in [6.07, 6.45) is 2.23. The molecule has 0 aliphatic carbocycles. The molecule has 0 spiro atoms. The van der Waals surface area contributed by atoms with Crippen molar-refractivity contribution >= 4 is 5.91 Å². The number of rotatable bonds is 7. The van der Waals surface area contributed by atoms with Crippen molar-refractivity contribution in [3.63, 3.8) is 0 Å². The van der Waals surface area contributed by atoms with Gasteiger partial charge >= 0.3 is 0 Å². The largest absolute Gasteiger partial charge is 0.487 e. The number of nitrogens with zero attached hydrogens (tertiary/aromatic N) is 2. The quantitative estimate of drug-likeness (QED) is 0.848. The van der Waals surface area contributed by atoms with Gasteiger partial charge in [0.25, 0.3) is 5.91 Å². The summed E-state index contributed by atoms with van der Waals surface area (Å²) in [5, 5.41) is 7.01. The second-order valence-corrected chi connectivity index (χ2v) is 5.86. The summed E-state index contributed by atoms with van der Waals surface area (Å²) in [5.41, 5.74) is 1.19. The van der Waals surface area contributed by atoms with Crippen LogP contribution in [0.1, 0.15) is 35.9 Å². The number of benzene rings is 1. The Hall–Kier alpha value is -2.34. The standard InChI is InChI=1S/C18H23N3O3/c1-2-21(12-16-9-6-10-23-16)18(22)17-11-14(19-20-17)13-24-15-7-4-3-5-8-15/h3-5,7-8,11,16H,2,6,9-10,12-13H2,1H3,(H,19,20). The van der Waals surface area contributed by atoms with Crippen LogP contribution in [-0.2, 0) is 11.3 Å². The molecule has 3 rings (SSSR count). The summed E-state index contributed by atoms with van der Waals surface area (Å²) in [7, 11) is 0. The number of amides is 1. The number of aromatic nitrogens is 2. The Morgan fingerprint density at radius 1 is 1.42 bits per heavy atom. The summed E-state index contributed by atoms with van der Waals surface area (Å²) in [6, 6.07) is 11.3. The third-order valence-corrected chi connectivity index (χ3v) is 4.10. The summed E-state index contributed by atoms with van der Waals surface area (Å²) >= 11 is 0. The normalized spacial score (nSPS) is 17.0. The van der Waals surface area contributed by atoms with Crippen LogP contribution in [0, 0.1) is 0 Å². The van der Waals surface area contributed by atoms with Crippen LogP contribution in [0.25, 0.3) is 0 Å². The smallest absolute Gasteiger partial charge is 0.274 e. The summed E-state index contributed by atoms with van der Waals surface area (Å²) in [5.74, 6) is 0.712. The number of para-hydroxylation sites is 1. The van der Waals surface area contributed by atoms with Gasteiger partial charge in [-0.15, -0.1) is 0 Å². The molecule has 2 aromatic rings. The lowest BCUT2D eigenvalue weighted by molar-refractivity contribution is 0.0535. The van der Waals surface area contributed by atoms with Crippen molar-refractivity contribution in [3.8, 4) is 5.75 Å². The lowest BCUT2D eigenvalue weighted by Gasteiger charge is -2.23. The molecule has 128 valence electrons. The van der Waals surface area contributed by atoms with Gasteiger partial charge in [0.05, 0.1) is 11.8 Å². The molecule has 24 heavy (non-hydrogen) atoms. The lowest BCUT2D eigenvalue weighted by Crippen LogP contribution is -2.37. The van der Waals surface area contributed by atoms with E-state index in [1.54, 1.807) is 11.0 Å². The van der Waals surface area contributed by atoms with Crippen LogP contribution < -0.4 is 4.74 Å². The van der Waals surface area contributed by atoms with Crippen LogP contribution in [0.2, 0.25) is 0 Å². The van der Waals surface area contributed by atoms with Gasteiger partial charge in [-0.05, 0) is 38.0 Å². The van der Waals surface area contributed by atoms with Gasteiger partial charge in [0, 0.05) is 19.7 Å². The van der Waals surface area contributed by atoms with Gasteiger partial charge in [-0.3, -0.25) is 9.89 Å². The first-order valence-electron chi connectivity index (χ1n) is 8.39. The third-order valence-electron chi connectivity index (χ3n) is 4.10. The molecule has 1 unspecified atom stereocenters. The highest BCUT2D eigenvalue weighted by molar-refractivity contribution is 5.92. The monoisotopic (exact) mass is 329 g/mol. The van der Waals surface area contributed by atoms with E-state index in [0.29, 0.717) is 25.4 Å². The van der Waals surface area contributed by atoms with E-state index >= 15 is 0 Å². The summed E-state index contributed by atoms with van der Waals surface area (Å²) in [4.78, 5) is 14.4. The number of carbonyl (C=O) groups excluding carboxylic acids is 1. The molecule has 1 saturated heterocycles. The maximum absolute atomic E-state index is 12.6. The fraction of sp³-hybridized carbons (Fsp3) is 0.444. The zero-order chi connectivity index (χ0) is 16.8. The number of carbonyl (C=O) groups is 1. The van der Waals surface area contributed by atoms with Crippen LogP contribution in [-0.4, -0.2) is 46.8 Å². The number of H-pyrrole nitrogens is 1. The molecular weight excluding hydrogens is 306 g/mol. The highest BCUT2D eigenvalue weighted by Crippen LogP contribution is 2.15. The average molecular weight is 329 g/mol. The predicted octanol–water partition coefficient (Wildman–Crippen LogP) is 2.63. The van der Waals surface area contributed by atoms with Gasteiger partial charge in [-0.25, -0.2) is 0 Å². The molecule has 1 aromatic carbocycles. The molecule has 1 aliphatic heterocycles. The first kappa shape index (κ1) is 16.5. The van der Waals surface area contributed by atoms with E-state index in [4.69, 9.17) is 9.47 Å². The molecule has 1 aliphatic rings. The topological polar surface area (TPSA) is 67.4 Å². The van der Waals surface area contributed by atoms with Crippen molar-refractivity contribution in [2.75, 3.05) is 19.7 Å². The average Bonchev–Trinajstić information content (AvgIpc) is 3.30. The van der Waals surface area contributed by atoms with Crippen molar-refractivity contribution < 1.29 is 14.3 Å². The minimum atomic E-state index is -0.0739. The van der Waals surface area contributed by atoms with E-state index in [2.05, 4.69) is 10.2 Å². The van der Waals surface area contributed by atoms with E-state index < -0.39 is 0 Å². The minimum absolute atomic E-state index is 0.0739. The van der Waals surface area contributed by atoms with E-state index in [1.165, 1.54) is 0 Å². The molecular formula is C18H23N3O3. The summed E-state index contributed by atoms with van der Waals surface area (Å²) < 4.78 is 11.3. The Balaban J connectivity index is 1.57. The van der Waals surface area contributed by atoms with Crippen LogP contribution in [0.15, 0.2) is 36.4 Å². The fourth-order valence-corrected chi connectivity index (χ4v) is 2.77. The van der Waals surface area contributed by atoms with Crippen molar-refractivity contribution in [2.24, 2.45) is 0 Å². The molecule has 1 N–H and O–H groups in total. The van der Waals surface area contributed by atoms with Gasteiger partial charge in [0.1, 0.15) is 12.4 Å². The molecule has 0 radical (unpaired) electrons. The Morgan fingerprint density at radius 2 is 2.25 bits per heavy atom. The molecule has 6 nitrogen and oxygen atoms in total. The number of ether oxygens (including phenoxy) is 2. The van der Waals surface area contributed by atoms with Crippen molar-refractivity contribution in [2.45, 2.75) is 32.5 Å². The number of aromatic amines is 1. The minimum Gasteiger partial charge on any atom is -0.487 e. The first-order chi connectivity index (χ1) is 11.8. The highest BCUT2D eigenvalue weighted by atomic mass is 16.5.